The second kappa shape index (κ2) is 8.09. The number of rotatable bonds is 2. The molecule has 0 unspecified atom stereocenters. The number of nitrogens with zero attached hydrogens (tertiary/aromatic N) is 2. The Bertz CT molecular complexity index is 909. The Labute approximate surface area is 155 Å². The third-order valence-electron chi connectivity index (χ3n) is 4.57. The zero-order valence-electron chi connectivity index (χ0n) is 16.0. The molecule has 0 saturated heterocycles. The molecule has 2 aromatic carbocycles. The number of pyridine rings is 2. The molecule has 4 rings (SSSR count). The summed E-state index contributed by atoms with van der Waals surface area (Å²) in [5.74, 6) is 1.03. The highest BCUT2D eigenvalue weighted by Crippen LogP contribution is 2.23. The number of hydrogen-bond donors (Lipinski definition) is 0. The topological polar surface area (TPSA) is 25.8 Å². The second-order valence-corrected chi connectivity index (χ2v) is 7.18. The third-order valence-corrected chi connectivity index (χ3v) is 4.57. The van der Waals surface area contributed by atoms with Gasteiger partial charge in [-0.1, -0.05) is 76.2 Å². The van der Waals surface area contributed by atoms with Crippen molar-refractivity contribution in [2.45, 2.75) is 39.5 Å². The maximum atomic E-state index is 4.41. The molecular formula is C24H26N2. The van der Waals surface area contributed by atoms with E-state index in [4.69, 9.17) is 0 Å². The molecule has 0 atom stereocenters. The summed E-state index contributed by atoms with van der Waals surface area (Å²) in [5.41, 5.74) is 2.52. The number of hydrogen-bond acceptors (Lipinski definition) is 2. The normalized spacial score (nSPS) is 11.0. The van der Waals surface area contributed by atoms with E-state index >= 15 is 0 Å². The highest BCUT2D eigenvalue weighted by molar-refractivity contribution is 5.85. The van der Waals surface area contributed by atoms with E-state index in [-0.39, 0.29) is 0 Å². The fourth-order valence-electron chi connectivity index (χ4n) is 3.20. The zero-order valence-corrected chi connectivity index (χ0v) is 16.0. The Hall–Kier alpha value is -2.74. The SMILES string of the molecule is CC(C)c1cncc2ccccc12.CC(C)c1nccc2ccccc12. The van der Waals surface area contributed by atoms with Crippen LogP contribution in [0.3, 0.4) is 0 Å². The summed E-state index contributed by atoms with van der Waals surface area (Å²) >= 11 is 0. The van der Waals surface area contributed by atoms with Gasteiger partial charge in [0.2, 0.25) is 0 Å². The van der Waals surface area contributed by atoms with E-state index in [0.29, 0.717) is 11.8 Å². The Morgan fingerprint density at radius 3 is 2.00 bits per heavy atom. The molecule has 2 aromatic heterocycles. The fraction of sp³-hybridized carbons (Fsp3) is 0.250. The first-order valence-electron chi connectivity index (χ1n) is 9.24. The van der Waals surface area contributed by atoms with Crippen LogP contribution < -0.4 is 0 Å². The molecule has 132 valence electrons. The molecule has 0 amide bonds. The largest absolute Gasteiger partial charge is 0.264 e. The molecule has 2 nitrogen and oxygen atoms in total. The summed E-state index contributed by atoms with van der Waals surface area (Å²) in [6, 6.07) is 18.8. The molecule has 0 aliphatic carbocycles. The zero-order chi connectivity index (χ0) is 18.5. The lowest BCUT2D eigenvalue weighted by Crippen LogP contribution is -1.92. The van der Waals surface area contributed by atoms with Crippen LogP contribution >= 0.6 is 0 Å². The van der Waals surface area contributed by atoms with Crippen molar-refractivity contribution >= 4 is 21.5 Å². The first kappa shape index (κ1) is 18.1. The maximum Gasteiger partial charge on any atom is 0.0507 e. The molecule has 0 aliphatic heterocycles. The van der Waals surface area contributed by atoms with E-state index in [1.807, 2.05) is 24.7 Å². The van der Waals surface area contributed by atoms with Crippen LogP contribution in [-0.4, -0.2) is 9.97 Å². The van der Waals surface area contributed by atoms with Crippen molar-refractivity contribution in [1.82, 2.24) is 9.97 Å². The van der Waals surface area contributed by atoms with E-state index in [1.54, 1.807) is 0 Å². The van der Waals surface area contributed by atoms with Crippen LogP contribution in [0.2, 0.25) is 0 Å². The molecule has 0 saturated carbocycles. The lowest BCUT2D eigenvalue weighted by Gasteiger charge is -2.08. The first-order chi connectivity index (χ1) is 12.6. The van der Waals surface area contributed by atoms with Crippen molar-refractivity contribution in [3.63, 3.8) is 0 Å². The van der Waals surface area contributed by atoms with Gasteiger partial charge in [-0.3, -0.25) is 9.97 Å². The van der Waals surface area contributed by atoms with Crippen LogP contribution in [-0.2, 0) is 0 Å². The minimum absolute atomic E-state index is 0.492. The molecule has 0 aliphatic rings. The Morgan fingerprint density at radius 2 is 1.31 bits per heavy atom. The molecule has 2 heteroatoms. The van der Waals surface area contributed by atoms with Crippen molar-refractivity contribution < 1.29 is 0 Å². The molecule has 0 radical (unpaired) electrons. The fourth-order valence-corrected chi connectivity index (χ4v) is 3.20. The number of fused-ring (bicyclic) bond motifs is 2. The van der Waals surface area contributed by atoms with Crippen molar-refractivity contribution in [2.24, 2.45) is 0 Å². The molecule has 2 heterocycles. The van der Waals surface area contributed by atoms with Crippen molar-refractivity contribution in [3.05, 3.63) is 84.4 Å². The summed E-state index contributed by atoms with van der Waals surface area (Å²) in [4.78, 5) is 8.64. The van der Waals surface area contributed by atoms with E-state index in [0.717, 1.165) is 0 Å². The van der Waals surface area contributed by atoms with Crippen LogP contribution in [0.5, 0.6) is 0 Å². The van der Waals surface area contributed by atoms with Crippen LogP contribution in [0, 0.1) is 0 Å². The second-order valence-electron chi connectivity index (χ2n) is 7.18. The molecule has 0 spiro atoms. The summed E-state index contributed by atoms with van der Waals surface area (Å²) in [6.45, 7) is 8.75. The Kier molecular flexibility index (Phi) is 5.62. The Balaban J connectivity index is 0.000000151. The minimum atomic E-state index is 0.492. The number of aromatic nitrogens is 2. The standard InChI is InChI=1S/2C12H13N/c1-9(2)12-8-13-7-10-5-3-4-6-11(10)12;1-9(2)12-11-6-4-3-5-10(11)7-8-13-12/h2*3-9H,1-2H3. The number of benzene rings is 2. The van der Waals surface area contributed by atoms with Gasteiger partial charge < -0.3 is 0 Å². The summed E-state index contributed by atoms with van der Waals surface area (Å²) in [6.07, 6.45) is 5.77. The van der Waals surface area contributed by atoms with E-state index < -0.39 is 0 Å². The van der Waals surface area contributed by atoms with Gasteiger partial charge in [-0.15, -0.1) is 0 Å². The highest BCUT2D eigenvalue weighted by atomic mass is 14.7. The van der Waals surface area contributed by atoms with E-state index in [9.17, 15) is 0 Å². The maximum absolute atomic E-state index is 4.41. The van der Waals surface area contributed by atoms with Crippen LogP contribution in [0.1, 0.15) is 50.8 Å². The monoisotopic (exact) mass is 342 g/mol. The Morgan fingerprint density at radius 1 is 0.654 bits per heavy atom. The predicted octanol–water partition coefficient (Wildman–Crippen LogP) is 6.72. The lowest BCUT2D eigenvalue weighted by molar-refractivity contribution is 0.834. The highest BCUT2D eigenvalue weighted by Gasteiger charge is 2.05. The van der Waals surface area contributed by atoms with Crippen LogP contribution in [0.4, 0.5) is 0 Å². The van der Waals surface area contributed by atoms with Gasteiger partial charge in [0.1, 0.15) is 0 Å². The van der Waals surface area contributed by atoms with Gasteiger partial charge in [-0.2, -0.15) is 0 Å². The lowest BCUT2D eigenvalue weighted by atomic mass is 9.99. The van der Waals surface area contributed by atoms with Gasteiger partial charge in [-0.25, -0.2) is 0 Å². The summed E-state index contributed by atoms with van der Waals surface area (Å²) in [5, 5.41) is 5.11. The van der Waals surface area contributed by atoms with Crippen molar-refractivity contribution in [3.8, 4) is 0 Å². The van der Waals surface area contributed by atoms with E-state index in [2.05, 4.69) is 86.2 Å². The average Bonchev–Trinajstić information content (AvgIpc) is 2.67. The average molecular weight is 342 g/mol. The quantitative estimate of drug-likeness (QED) is 0.404. The first-order valence-corrected chi connectivity index (χ1v) is 9.24. The van der Waals surface area contributed by atoms with Gasteiger partial charge in [0, 0.05) is 29.4 Å². The van der Waals surface area contributed by atoms with Gasteiger partial charge in [-0.05, 0) is 34.2 Å². The van der Waals surface area contributed by atoms with Crippen LogP contribution in [0.15, 0.2) is 73.2 Å². The smallest absolute Gasteiger partial charge is 0.0507 e. The molecule has 0 bridgehead atoms. The van der Waals surface area contributed by atoms with Gasteiger partial charge in [0.15, 0.2) is 0 Å². The van der Waals surface area contributed by atoms with Crippen molar-refractivity contribution in [2.75, 3.05) is 0 Å². The third kappa shape index (κ3) is 3.91. The van der Waals surface area contributed by atoms with E-state index in [1.165, 1.54) is 32.8 Å². The van der Waals surface area contributed by atoms with Gasteiger partial charge in [0.25, 0.3) is 0 Å². The van der Waals surface area contributed by atoms with Crippen molar-refractivity contribution in [1.29, 1.82) is 0 Å². The molecular weight excluding hydrogens is 316 g/mol. The van der Waals surface area contributed by atoms with Gasteiger partial charge in [0.05, 0.1) is 5.69 Å². The van der Waals surface area contributed by atoms with Gasteiger partial charge >= 0.3 is 0 Å². The molecule has 26 heavy (non-hydrogen) atoms. The summed E-state index contributed by atoms with van der Waals surface area (Å²) < 4.78 is 0. The molecule has 4 aromatic rings. The predicted molar refractivity (Wildman–Crippen MR) is 112 cm³/mol. The summed E-state index contributed by atoms with van der Waals surface area (Å²) in [7, 11) is 0. The van der Waals surface area contributed by atoms with Crippen LogP contribution in [0.25, 0.3) is 21.5 Å². The molecule has 0 N–H and O–H groups in total. The minimum Gasteiger partial charge on any atom is -0.264 e. The molecule has 0 fully saturated rings.